The molecule has 0 saturated carbocycles. The van der Waals surface area contributed by atoms with Crippen LogP contribution in [0.25, 0.3) is 16.9 Å². The summed E-state index contributed by atoms with van der Waals surface area (Å²) in [6, 6.07) is 7.55. The lowest BCUT2D eigenvalue weighted by Gasteiger charge is -2.02. The maximum absolute atomic E-state index is 11.4. The smallest absolute Gasteiger partial charge is 0.296 e. The van der Waals surface area contributed by atoms with E-state index in [0.29, 0.717) is 21.9 Å². The molecule has 3 aromatic rings. The molecule has 22 heavy (non-hydrogen) atoms. The van der Waals surface area contributed by atoms with E-state index in [4.69, 9.17) is 23.2 Å². The number of hydrogen-bond acceptors (Lipinski definition) is 4. The van der Waals surface area contributed by atoms with Crippen molar-refractivity contribution < 1.29 is 9.72 Å². The second-order valence-corrected chi connectivity index (χ2v) is 5.28. The van der Waals surface area contributed by atoms with Gasteiger partial charge in [-0.15, -0.1) is 0 Å². The summed E-state index contributed by atoms with van der Waals surface area (Å²) in [5, 5.41) is 11.8. The number of imidazole rings is 1. The standard InChI is InChI=1S/C14H7Cl2N3O3/c15-8-3-4-9(10(16)6-8)13-12(7-20)18-5-1-2-11(19(21)22)14(18)17-13/h1-7H. The first-order valence-corrected chi connectivity index (χ1v) is 6.84. The topological polar surface area (TPSA) is 77.5 Å². The van der Waals surface area contributed by atoms with E-state index in [-0.39, 0.29) is 22.7 Å². The lowest BCUT2D eigenvalue weighted by Crippen LogP contribution is -1.95. The molecule has 0 amide bonds. The van der Waals surface area contributed by atoms with E-state index in [1.54, 1.807) is 12.1 Å². The number of benzene rings is 1. The fraction of sp³-hybridized carbons (Fsp3) is 0. The van der Waals surface area contributed by atoms with Gasteiger partial charge in [0.25, 0.3) is 0 Å². The zero-order valence-electron chi connectivity index (χ0n) is 10.9. The Labute approximate surface area is 134 Å². The van der Waals surface area contributed by atoms with Crippen molar-refractivity contribution in [2.24, 2.45) is 0 Å². The number of halogens is 2. The van der Waals surface area contributed by atoms with Crippen LogP contribution < -0.4 is 0 Å². The Bertz CT molecular complexity index is 921. The quantitative estimate of drug-likeness (QED) is 0.411. The zero-order chi connectivity index (χ0) is 15.9. The molecule has 0 saturated heterocycles. The third kappa shape index (κ3) is 2.22. The monoisotopic (exact) mass is 335 g/mol. The average Bonchev–Trinajstić information content (AvgIpc) is 2.84. The van der Waals surface area contributed by atoms with Gasteiger partial charge < -0.3 is 0 Å². The lowest BCUT2D eigenvalue weighted by atomic mass is 10.1. The number of carbonyl (C=O) groups is 1. The van der Waals surface area contributed by atoms with Crippen molar-refractivity contribution >= 4 is 40.8 Å². The van der Waals surface area contributed by atoms with Crippen molar-refractivity contribution in [1.29, 1.82) is 0 Å². The minimum Gasteiger partial charge on any atom is -0.296 e. The first-order chi connectivity index (χ1) is 10.5. The Hall–Kier alpha value is -2.44. The molecule has 3 rings (SSSR count). The van der Waals surface area contributed by atoms with Gasteiger partial charge in [0.15, 0.2) is 6.29 Å². The van der Waals surface area contributed by atoms with Gasteiger partial charge in [0.1, 0.15) is 11.4 Å². The third-order valence-corrected chi connectivity index (χ3v) is 3.71. The van der Waals surface area contributed by atoms with E-state index in [9.17, 15) is 14.9 Å². The molecule has 0 aliphatic heterocycles. The molecule has 2 aromatic heterocycles. The normalized spacial score (nSPS) is 10.8. The average molecular weight is 336 g/mol. The summed E-state index contributed by atoms with van der Waals surface area (Å²) >= 11 is 12.0. The molecule has 0 spiro atoms. The lowest BCUT2D eigenvalue weighted by molar-refractivity contribution is -0.383. The summed E-state index contributed by atoms with van der Waals surface area (Å²) in [7, 11) is 0. The molecular weight excluding hydrogens is 329 g/mol. The van der Waals surface area contributed by atoms with E-state index in [1.165, 1.54) is 28.8 Å². The fourth-order valence-electron chi connectivity index (χ4n) is 2.21. The van der Waals surface area contributed by atoms with Gasteiger partial charge in [0, 0.05) is 22.8 Å². The highest BCUT2D eigenvalue weighted by Gasteiger charge is 2.21. The number of aldehydes is 1. The van der Waals surface area contributed by atoms with Crippen LogP contribution in [-0.2, 0) is 0 Å². The second-order valence-electron chi connectivity index (χ2n) is 4.43. The predicted octanol–water partition coefficient (Wildman–Crippen LogP) is 4.03. The largest absolute Gasteiger partial charge is 0.312 e. The second kappa shape index (κ2) is 5.40. The van der Waals surface area contributed by atoms with Crippen LogP contribution in [0, 0.1) is 10.1 Å². The minimum atomic E-state index is -0.551. The van der Waals surface area contributed by atoms with Crippen LogP contribution in [0.3, 0.4) is 0 Å². The molecule has 110 valence electrons. The van der Waals surface area contributed by atoms with Crippen LogP contribution in [-0.4, -0.2) is 20.6 Å². The van der Waals surface area contributed by atoms with Gasteiger partial charge in [0.2, 0.25) is 5.65 Å². The Morgan fingerprint density at radius 2 is 2.05 bits per heavy atom. The molecule has 2 heterocycles. The highest BCUT2D eigenvalue weighted by Crippen LogP contribution is 2.33. The Balaban J connectivity index is 2.37. The highest BCUT2D eigenvalue weighted by atomic mass is 35.5. The predicted molar refractivity (Wildman–Crippen MR) is 82.7 cm³/mol. The van der Waals surface area contributed by atoms with Gasteiger partial charge in [-0.05, 0) is 24.3 Å². The van der Waals surface area contributed by atoms with E-state index >= 15 is 0 Å². The van der Waals surface area contributed by atoms with Crippen molar-refractivity contribution in [3.8, 4) is 11.3 Å². The van der Waals surface area contributed by atoms with E-state index < -0.39 is 4.92 Å². The van der Waals surface area contributed by atoms with Crippen LogP contribution in [0.15, 0.2) is 36.5 Å². The zero-order valence-corrected chi connectivity index (χ0v) is 12.4. The first kappa shape index (κ1) is 14.5. The van der Waals surface area contributed by atoms with Crippen molar-refractivity contribution in [2.45, 2.75) is 0 Å². The van der Waals surface area contributed by atoms with Crippen LogP contribution >= 0.6 is 23.2 Å². The molecule has 0 bridgehead atoms. The molecule has 0 atom stereocenters. The molecule has 0 radical (unpaired) electrons. The number of aromatic nitrogens is 2. The number of rotatable bonds is 3. The summed E-state index contributed by atoms with van der Waals surface area (Å²) in [5.74, 6) is 0. The SMILES string of the molecule is O=Cc1c(-c2ccc(Cl)cc2Cl)nc2c([N+](=O)[O-])cccn12. The Morgan fingerprint density at radius 1 is 1.27 bits per heavy atom. The maximum atomic E-state index is 11.4. The summed E-state index contributed by atoms with van der Waals surface area (Å²) in [6.45, 7) is 0. The van der Waals surface area contributed by atoms with Crippen LogP contribution in [0.1, 0.15) is 10.5 Å². The Morgan fingerprint density at radius 3 is 2.68 bits per heavy atom. The van der Waals surface area contributed by atoms with Gasteiger partial charge in [-0.2, -0.15) is 0 Å². The number of hydrogen-bond donors (Lipinski definition) is 0. The van der Waals surface area contributed by atoms with E-state index in [1.807, 2.05) is 0 Å². The summed E-state index contributed by atoms with van der Waals surface area (Å²) in [5.41, 5.74) is 0.817. The van der Waals surface area contributed by atoms with Gasteiger partial charge in [-0.3, -0.25) is 19.3 Å². The molecule has 0 aliphatic rings. The van der Waals surface area contributed by atoms with Crippen LogP contribution in [0.4, 0.5) is 5.69 Å². The molecule has 0 aliphatic carbocycles. The van der Waals surface area contributed by atoms with Gasteiger partial charge in [-0.25, -0.2) is 4.98 Å². The number of carbonyl (C=O) groups excluding carboxylic acids is 1. The van der Waals surface area contributed by atoms with E-state index in [0.717, 1.165) is 0 Å². The van der Waals surface area contributed by atoms with Gasteiger partial charge >= 0.3 is 5.69 Å². The molecule has 0 unspecified atom stereocenters. The maximum Gasteiger partial charge on any atom is 0.312 e. The van der Waals surface area contributed by atoms with Crippen molar-refractivity contribution in [2.75, 3.05) is 0 Å². The molecule has 0 fully saturated rings. The van der Waals surface area contributed by atoms with Crippen molar-refractivity contribution in [3.05, 3.63) is 62.4 Å². The number of pyridine rings is 1. The minimum absolute atomic E-state index is 0.0793. The molecular formula is C14H7Cl2N3O3. The number of nitrogens with zero attached hydrogens (tertiary/aromatic N) is 3. The molecule has 0 N–H and O–H groups in total. The number of fused-ring (bicyclic) bond motifs is 1. The summed E-state index contributed by atoms with van der Waals surface area (Å²) in [4.78, 5) is 26.2. The summed E-state index contributed by atoms with van der Waals surface area (Å²) < 4.78 is 1.37. The summed E-state index contributed by atoms with van der Waals surface area (Å²) in [6.07, 6.45) is 2.12. The van der Waals surface area contributed by atoms with Gasteiger partial charge in [-0.1, -0.05) is 23.2 Å². The third-order valence-electron chi connectivity index (χ3n) is 3.16. The van der Waals surface area contributed by atoms with Gasteiger partial charge in [0.05, 0.1) is 9.95 Å². The van der Waals surface area contributed by atoms with E-state index in [2.05, 4.69) is 4.98 Å². The van der Waals surface area contributed by atoms with Crippen molar-refractivity contribution in [1.82, 2.24) is 9.38 Å². The van der Waals surface area contributed by atoms with Crippen molar-refractivity contribution in [3.63, 3.8) is 0 Å². The molecule has 8 heteroatoms. The van der Waals surface area contributed by atoms with Crippen LogP contribution in [0.2, 0.25) is 10.0 Å². The first-order valence-electron chi connectivity index (χ1n) is 6.09. The van der Waals surface area contributed by atoms with Crippen LogP contribution in [0.5, 0.6) is 0 Å². The highest BCUT2D eigenvalue weighted by molar-refractivity contribution is 6.36. The Kier molecular flexibility index (Phi) is 3.56. The number of nitro groups is 1. The fourth-order valence-corrected chi connectivity index (χ4v) is 2.70. The molecule has 6 nitrogen and oxygen atoms in total. The molecule has 1 aromatic carbocycles.